The molecule has 8 nitrogen and oxygen atoms in total. The summed E-state index contributed by atoms with van der Waals surface area (Å²) in [7, 11) is -2.05. The smallest absolute Gasteiger partial charge is 0.247 e. The van der Waals surface area contributed by atoms with Gasteiger partial charge < -0.3 is 10.2 Å². The topological polar surface area (TPSA) is 119 Å². The lowest BCUT2D eigenvalue weighted by Crippen LogP contribution is -2.25. The number of carbonyl (C=O) groups is 1. The van der Waals surface area contributed by atoms with Crippen LogP contribution in [-0.2, 0) is 10.0 Å². The van der Waals surface area contributed by atoms with Crippen LogP contribution < -0.4 is 10.0 Å². The third-order valence-electron chi connectivity index (χ3n) is 5.12. The molecule has 0 saturated heterocycles. The first-order valence-corrected chi connectivity index (χ1v) is 11.2. The van der Waals surface area contributed by atoms with E-state index >= 15 is 0 Å². The highest BCUT2D eigenvalue weighted by molar-refractivity contribution is 7.92. The normalized spacial score (nSPS) is 16.7. The SMILES string of the molecule is C[C@H](N)c1nnc(-c2cc(C(=O)C3CCCCC3)cc(N(C)S(C)(=O)=O)c2)o1. The van der Waals surface area contributed by atoms with Gasteiger partial charge in [0.15, 0.2) is 5.78 Å². The zero-order valence-electron chi connectivity index (χ0n) is 16.4. The fourth-order valence-electron chi connectivity index (χ4n) is 3.39. The Bertz CT molecular complexity index is 962. The number of benzene rings is 1. The molecule has 2 N–H and O–H groups in total. The van der Waals surface area contributed by atoms with Gasteiger partial charge in [-0.15, -0.1) is 10.2 Å². The van der Waals surface area contributed by atoms with Crippen LogP contribution in [0.3, 0.4) is 0 Å². The highest BCUT2D eigenvalue weighted by Gasteiger charge is 2.25. The van der Waals surface area contributed by atoms with E-state index in [2.05, 4.69) is 10.2 Å². The average Bonchev–Trinajstić information content (AvgIpc) is 3.17. The number of Topliss-reactive ketones (excluding diaryl/α,β-unsaturated/α-hetero) is 1. The van der Waals surface area contributed by atoms with E-state index in [0.717, 1.165) is 42.7 Å². The number of nitrogens with zero attached hydrogens (tertiary/aromatic N) is 3. The van der Waals surface area contributed by atoms with Gasteiger partial charge in [0, 0.05) is 24.1 Å². The van der Waals surface area contributed by atoms with Crippen LogP contribution in [-0.4, -0.2) is 37.7 Å². The molecule has 0 radical (unpaired) electrons. The fourth-order valence-corrected chi connectivity index (χ4v) is 3.87. The van der Waals surface area contributed by atoms with Crippen LogP contribution in [0.2, 0.25) is 0 Å². The number of rotatable bonds is 6. The van der Waals surface area contributed by atoms with E-state index in [-0.39, 0.29) is 23.5 Å². The van der Waals surface area contributed by atoms with Crippen molar-refractivity contribution >= 4 is 21.5 Å². The minimum absolute atomic E-state index is 0.0247. The fraction of sp³-hybridized carbons (Fsp3) is 0.526. The van der Waals surface area contributed by atoms with Crippen LogP contribution >= 0.6 is 0 Å². The Hall–Kier alpha value is -2.26. The lowest BCUT2D eigenvalue weighted by atomic mass is 9.83. The van der Waals surface area contributed by atoms with Gasteiger partial charge in [-0.05, 0) is 38.0 Å². The number of nitrogens with two attached hydrogens (primary N) is 1. The molecular weight excluding hydrogens is 380 g/mol. The van der Waals surface area contributed by atoms with Crippen molar-refractivity contribution < 1.29 is 17.6 Å². The Morgan fingerprint density at radius 2 is 1.89 bits per heavy atom. The molecule has 1 aliphatic carbocycles. The Morgan fingerprint density at radius 3 is 2.46 bits per heavy atom. The predicted octanol–water partition coefficient (Wildman–Crippen LogP) is 2.92. The number of carbonyl (C=O) groups excluding carboxylic acids is 1. The van der Waals surface area contributed by atoms with Crippen LogP contribution in [0.1, 0.15) is 61.3 Å². The first kappa shape index (κ1) is 20.5. The summed E-state index contributed by atoms with van der Waals surface area (Å²) >= 11 is 0. The van der Waals surface area contributed by atoms with Crippen LogP contribution in [0.5, 0.6) is 0 Å². The number of hydrogen-bond donors (Lipinski definition) is 1. The van der Waals surface area contributed by atoms with E-state index in [0.29, 0.717) is 16.8 Å². The maximum Gasteiger partial charge on any atom is 0.247 e. The van der Waals surface area contributed by atoms with Gasteiger partial charge in [-0.3, -0.25) is 9.10 Å². The van der Waals surface area contributed by atoms with Gasteiger partial charge in [-0.25, -0.2) is 8.42 Å². The second-order valence-electron chi connectivity index (χ2n) is 7.43. The van der Waals surface area contributed by atoms with Gasteiger partial charge in [0.05, 0.1) is 18.0 Å². The zero-order valence-corrected chi connectivity index (χ0v) is 17.2. The molecule has 1 heterocycles. The first-order valence-electron chi connectivity index (χ1n) is 9.39. The number of sulfonamides is 1. The summed E-state index contributed by atoms with van der Waals surface area (Å²) < 4.78 is 30.8. The number of anilines is 1. The molecule has 0 unspecified atom stereocenters. The van der Waals surface area contributed by atoms with E-state index in [1.807, 2.05) is 0 Å². The minimum Gasteiger partial charge on any atom is -0.419 e. The summed E-state index contributed by atoms with van der Waals surface area (Å²) in [4.78, 5) is 13.1. The average molecular weight is 407 g/mol. The van der Waals surface area contributed by atoms with Gasteiger partial charge in [-0.2, -0.15) is 0 Å². The molecule has 1 fully saturated rings. The molecule has 1 aromatic carbocycles. The molecule has 2 aromatic rings. The largest absolute Gasteiger partial charge is 0.419 e. The summed E-state index contributed by atoms with van der Waals surface area (Å²) in [6.07, 6.45) is 6.05. The molecular formula is C19H26N4O4S. The van der Waals surface area contributed by atoms with Gasteiger partial charge in [0.2, 0.25) is 21.8 Å². The lowest BCUT2D eigenvalue weighted by molar-refractivity contribution is 0.0889. The molecule has 1 atom stereocenters. The highest BCUT2D eigenvalue weighted by atomic mass is 32.2. The highest BCUT2D eigenvalue weighted by Crippen LogP contribution is 2.32. The molecule has 9 heteroatoms. The minimum atomic E-state index is -3.49. The molecule has 0 aliphatic heterocycles. The Labute approximate surface area is 165 Å². The Balaban J connectivity index is 2.06. The molecule has 1 aromatic heterocycles. The van der Waals surface area contributed by atoms with E-state index in [4.69, 9.17) is 10.2 Å². The number of ketones is 1. The van der Waals surface area contributed by atoms with E-state index in [1.54, 1.807) is 25.1 Å². The van der Waals surface area contributed by atoms with Crippen molar-refractivity contribution in [3.63, 3.8) is 0 Å². The van der Waals surface area contributed by atoms with E-state index < -0.39 is 16.1 Å². The van der Waals surface area contributed by atoms with Crippen LogP contribution in [0, 0.1) is 5.92 Å². The van der Waals surface area contributed by atoms with Crippen LogP contribution in [0.4, 0.5) is 5.69 Å². The molecule has 0 spiro atoms. The zero-order chi connectivity index (χ0) is 20.5. The monoisotopic (exact) mass is 406 g/mol. The summed E-state index contributed by atoms with van der Waals surface area (Å²) in [5.74, 6) is 0.463. The van der Waals surface area contributed by atoms with Crippen LogP contribution in [0.15, 0.2) is 22.6 Å². The molecule has 1 saturated carbocycles. The van der Waals surface area contributed by atoms with Gasteiger partial charge in [-0.1, -0.05) is 19.3 Å². The van der Waals surface area contributed by atoms with Crippen molar-refractivity contribution in [2.45, 2.75) is 45.1 Å². The first-order chi connectivity index (χ1) is 13.2. The third kappa shape index (κ3) is 4.41. The van der Waals surface area contributed by atoms with Crippen molar-refractivity contribution in [3.05, 3.63) is 29.7 Å². The number of aromatic nitrogens is 2. The van der Waals surface area contributed by atoms with Gasteiger partial charge >= 0.3 is 0 Å². The van der Waals surface area contributed by atoms with Crippen LogP contribution in [0.25, 0.3) is 11.5 Å². The standard InChI is InChI=1S/C19H26N4O4S/c1-12(20)18-21-22-19(27-18)15-9-14(17(24)13-7-5-4-6-8-13)10-16(11-15)23(2)28(3,25)26/h9-13H,4-8,20H2,1-3H3/t12-/m0/s1. The molecule has 0 amide bonds. The molecule has 152 valence electrons. The van der Waals surface area contributed by atoms with Crippen molar-refractivity contribution in [2.24, 2.45) is 11.7 Å². The summed E-state index contributed by atoms with van der Waals surface area (Å²) in [6.45, 7) is 1.73. The van der Waals surface area contributed by atoms with E-state index in [9.17, 15) is 13.2 Å². The van der Waals surface area contributed by atoms with Crippen molar-refractivity contribution in [2.75, 3.05) is 17.6 Å². The predicted molar refractivity (Wildman–Crippen MR) is 106 cm³/mol. The van der Waals surface area contributed by atoms with Gasteiger partial charge in [0.1, 0.15) is 0 Å². The molecule has 28 heavy (non-hydrogen) atoms. The quantitative estimate of drug-likeness (QED) is 0.732. The lowest BCUT2D eigenvalue weighted by Gasteiger charge is -2.22. The summed E-state index contributed by atoms with van der Waals surface area (Å²) in [6, 6.07) is 4.50. The van der Waals surface area contributed by atoms with Crippen molar-refractivity contribution in [1.29, 1.82) is 0 Å². The second-order valence-corrected chi connectivity index (χ2v) is 9.45. The van der Waals surface area contributed by atoms with Crippen molar-refractivity contribution in [1.82, 2.24) is 10.2 Å². The second kappa shape index (κ2) is 8.00. The molecule has 3 rings (SSSR count). The summed E-state index contributed by atoms with van der Waals surface area (Å²) in [5.41, 5.74) is 7.10. The van der Waals surface area contributed by atoms with Crippen molar-refractivity contribution in [3.8, 4) is 11.5 Å². The van der Waals surface area contributed by atoms with Gasteiger partial charge in [0.25, 0.3) is 0 Å². The Kier molecular flexibility index (Phi) is 5.85. The summed E-state index contributed by atoms with van der Waals surface area (Å²) in [5, 5.41) is 7.93. The van der Waals surface area contributed by atoms with E-state index in [1.165, 1.54) is 7.05 Å². The maximum atomic E-state index is 13.1. The Morgan fingerprint density at radius 1 is 1.21 bits per heavy atom. The number of hydrogen-bond acceptors (Lipinski definition) is 7. The molecule has 0 bridgehead atoms. The molecule has 1 aliphatic rings. The maximum absolute atomic E-state index is 13.1. The third-order valence-corrected chi connectivity index (χ3v) is 6.32.